The second-order valence-electron chi connectivity index (χ2n) is 3.74. The van der Waals surface area contributed by atoms with Crippen molar-refractivity contribution in [3.63, 3.8) is 0 Å². The van der Waals surface area contributed by atoms with Crippen molar-refractivity contribution in [2.24, 2.45) is 5.92 Å². The summed E-state index contributed by atoms with van der Waals surface area (Å²) in [4.78, 5) is 0. The van der Waals surface area contributed by atoms with Gasteiger partial charge in [0.25, 0.3) is 0 Å². The Morgan fingerprint density at radius 1 is 1.31 bits per heavy atom. The van der Waals surface area contributed by atoms with Gasteiger partial charge in [0.05, 0.1) is 18.8 Å². The zero-order valence-electron chi connectivity index (χ0n) is 9.21. The van der Waals surface area contributed by atoms with E-state index in [2.05, 4.69) is 19.2 Å². The van der Waals surface area contributed by atoms with Crippen LogP contribution >= 0.6 is 0 Å². The maximum absolute atomic E-state index is 9.42. The summed E-state index contributed by atoms with van der Waals surface area (Å²) in [6.07, 6.45) is -0.169. The van der Waals surface area contributed by atoms with Gasteiger partial charge in [0.1, 0.15) is 0 Å². The molecule has 0 radical (unpaired) electrons. The third-order valence-electron chi connectivity index (χ3n) is 2.12. The van der Waals surface area contributed by atoms with Crippen LogP contribution in [0.3, 0.4) is 0 Å². The molecule has 0 rings (SSSR count). The average Bonchev–Trinajstić information content (AvgIpc) is 2.10. The molecule has 0 amide bonds. The smallest absolute Gasteiger partial charge is 0.0897 e. The molecule has 0 saturated heterocycles. The Morgan fingerprint density at radius 3 is 2.38 bits per heavy atom. The van der Waals surface area contributed by atoms with E-state index in [1.54, 1.807) is 0 Å². The topological polar surface area (TPSA) is 41.5 Å². The van der Waals surface area contributed by atoms with Crippen LogP contribution in [0.4, 0.5) is 0 Å². The molecule has 0 aromatic heterocycles. The van der Waals surface area contributed by atoms with Gasteiger partial charge in [0.2, 0.25) is 0 Å². The average molecular weight is 189 g/mol. The highest BCUT2D eigenvalue weighted by molar-refractivity contribution is 4.60. The lowest BCUT2D eigenvalue weighted by Crippen LogP contribution is -2.32. The summed E-state index contributed by atoms with van der Waals surface area (Å²) in [6, 6.07) is 0. The Morgan fingerprint density at radius 2 is 1.92 bits per heavy atom. The van der Waals surface area contributed by atoms with Crippen molar-refractivity contribution in [2.75, 3.05) is 19.7 Å². The highest BCUT2D eigenvalue weighted by Gasteiger charge is 2.10. The second-order valence-corrected chi connectivity index (χ2v) is 3.74. The van der Waals surface area contributed by atoms with Crippen LogP contribution in [0.15, 0.2) is 0 Å². The molecule has 0 heterocycles. The lowest BCUT2D eigenvalue weighted by atomic mass is 10.1. The van der Waals surface area contributed by atoms with Gasteiger partial charge in [-0.15, -0.1) is 0 Å². The number of aliphatic hydroxyl groups excluding tert-OH is 1. The minimum absolute atomic E-state index is 0.219. The Balaban J connectivity index is 3.40. The van der Waals surface area contributed by atoms with Crippen molar-refractivity contribution < 1.29 is 9.84 Å². The first-order valence-electron chi connectivity index (χ1n) is 5.08. The van der Waals surface area contributed by atoms with E-state index in [1.807, 2.05) is 13.8 Å². The molecule has 0 aliphatic carbocycles. The summed E-state index contributed by atoms with van der Waals surface area (Å²) >= 11 is 0. The monoisotopic (exact) mass is 189 g/mol. The van der Waals surface area contributed by atoms with E-state index < -0.39 is 0 Å². The fraction of sp³-hybridized carbons (Fsp3) is 1.00. The first kappa shape index (κ1) is 12.9. The molecule has 0 aromatic rings. The van der Waals surface area contributed by atoms with E-state index >= 15 is 0 Å². The van der Waals surface area contributed by atoms with Crippen molar-refractivity contribution in [1.82, 2.24) is 5.32 Å². The van der Waals surface area contributed by atoms with E-state index in [-0.39, 0.29) is 12.2 Å². The molecular weight excluding hydrogens is 166 g/mol. The molecule has 3 nitrogen and oxygen atoms in total. The van der Waals surface area contributed by atoms with Crippen LogP contribution in [-0.4, -0.2) is 37.0 Å². The molecule has 2 atom stereocenters. The number of nitrogens with one attached hydrogen (secondary N) is 1. The predicted molar refractivity (Wildman–Crippen MR) is 54.8 cm³/mol. The van der Waals surface area contributed by atoms with Gasteiger partial charge < -0.3 is 15.2 Å². The molecule has 0 spiro atoms. The van der Waals surface area contributed by atoms with Crippen LogP contribution in [0.25, 0.3) is 0 Å². The first-order valence-corrected chi connectivity index (χ1v) is 5.08. The summed E-state index contributed by atoms with van der Waals surface area (Å²) in [5.41, 5.74) is 0. The van der Waals surface area contributed by atoms with Gasteiger partial charge in [-0.2, -0.15) is 0 Å². The van der Waals surface area contributed by atoms with Crippen molar-refractivity contribution in [2.45, 2.75) is 39.9 Å². The Hall–Kier alpha value is -0.120. The maximum Gasteiger partial charge on any atom is 0.0897 e. The fourth-order valence-corrected chi connectivity index (χ4v) is 0.825. The van der Waals surface area contributed by atoms with E-state index in [0.717, 1.165) is 6.54 Å². The summed E-state index contributed by atoms with van der Waals surface area (Å²) in [7, 11) is 0. The van der Waals surface area contributed by atoms with Gasteiger partial charge in [-0.05, 0) is 19.4 Å². The van der Waals surface area contributed by atoms with E-state index in [4.69, 9.17) is 4.74 Å². The lowest BCUT2D eigenvalue weighted by Gasteiger charge is -2.19. The molecule has 0 aliphatic rings. The largest absolute Gasteiger partial charge is 0.389 e. The van der Waals surface area contributed by atoms with Crippen molar-refractivity contribution in [3.05, 3.63) is 0 Å². The van der Waals surface area contributed by atoms with Crippen LogP contribution in [0.5, 0.6) is 0 Å². The summed E-state index contributed by atoms with van der Waals surface area (Å²) in [5, 5.41) is 12.5. The molecule has 0 bridgehead atoms. The summed E-state index contributed by atoms with van der Waals surface area (Å²) < 4.78 is 5.47. The third kappa shape index (κ3) is 6.99. The van der Waals surface area contributed by atoms with Crippen LogP contribution in [0.1, 0.15) is 27.7 Å². The maximum atomic E-state index is 9.42. The number of hydrogen-bond acceptors (Lipinski definition) is 3. The van der Waals surface area contributed by atoms with Crippen LogP contribution in [-0.2, 0) is 4.74 Å². The van der Waals surface area contributed by atoms with Crippen molar-refractivity contribution >= 4 is 0 Å². The van der Waals surface area contributed by atoms with Gasteiger partial charge in [0, 0.05) is 6.54 Å². The highest BCUT2D eigenvalue weighted by Crippen LogP contribution is 2.05. The van der Waals surface area contributed by atoms with Gasteiger partial charge in [-0.1, -0.05) is 20.8 Å². The van der Waals surface area contributed by atoms with Crippen LogP contribution in [0, 0.1) is 5.92 Å². The summed E-state index contributed by atoms with van der Waals surface area (Å²) in [6.45, 7) is 10.2. The molecule has 13 heavy (non-hydrogen) atoms. The molecule has 80 valence electrons. The highest BCUT2D eigenvalue weighted by atomic mass is 16.5. The predicted octanol–water partition coefficient (Wildman–Crippen LogP) is 1.02. The van der Waals surface area contributed by atoms with E-state index in [1.165, 1.54) is 0 Å². The number of hydrogen-bond donors (Lipinski definition) is 2. The van der Waals surface area contributed by atoms with Gasteiger partial charge in [-0.25, -0.2) is 0 Å². The molecule has 0 fully saturated rings. The van der Waals surface area contributed by atoms with Gasteiger partial charge in [0.15, 0.2) is 0 Å². The molecule has 2 N–H and O–H groups in total. The number of likely N-dealkylation sites (N-methyl/N-ethyl adjacent to an activating group) is 1. The minimum Gasteiger partial charge on any atom is -0.389 e. The molecule has 3 heteroatoms. The molecule has 0 aromatic carbocycles. The Bertz CT molecular complexity index is 117. The van der Waals surface area contributed by atoms with Crippen LogP contribution < -0.4 is 5.32 Å². The van der Waals surface area contributed by atoms with Gasteiger partial charge in [-0.3, -0.25) is 0 Å². The normalized spacial score (nSPS) is 16.2. The van der Waals surface area contributed by atoms with Crippen molar-refractivity contribution in [1.29, 1.82) is 0 Å². The number of ether oxygens (including phenoxy) is 1. The Labute approximate surface area is 81.5 Å². The molecular formula is C10H23NO2. The molecule has 0 saturated carbocycles. The Kier molecular flexibility index (Phi) is 7.23. The van der Waals surface area contributed by atoms with Crippen molar-refractivity contribution in [3.8, 4) is 0 Å². The lowest BCUT2D eigenvalue weighted by molar-refractivity contribution is -0.0188. The second kappa shape index (κ2) is 7.30. The van der Waals surface area contributed by atoms with E-state index in [0.29, 0.717) is 19.1 Å². The van der Waals surface area contributed by atoms with Gasteiger partial charge >= 0.3 is 0 Å². The van der Waals surface area contributed by atoms with E-state index in [9.17, 15) is 5.11 Å². The molecule has 0 aliphatic heterocycles. The zero-order chi connectivity index (χ0) is 10.3. The number of rotatable bonds is 7. The minimum atomic E-state index is -0.388. The standard InChI is InChI=1S/C10H23NO2/c1-5-11-6-10(12)7-13-9(4)8(2)3/h8-12H,5-7H2,1-4H3. The quantitative estimate of drug-likeness (QED) is 0.628. The first-order chi connectivity index (χ1) is 6.07. The summed E-state index contributed by atoms with van der Waals surface area (Å²) in [5.74, 6) is 0.506. The molecule has 2 unspecified atom stereocenters. The number of aliphatic hydroxyl groups is 1. The fourth-order valence-electron chi connectivity index (χ4n) is 0.825. The zero-order valence-corrected chi connectivity index (χ0v) is 9.21. The van der Waals surface area contributed by atoms with Crippen LogP contribution in [0.2, 0.25) is 0 Å². The third-order valence-corrected chi connectivity index (χ3v) is 2.12. The SMILES string of the molecule is CCNCC(O)COC(C)C(C)C.